The summed E-state index contributed by atoms with van der Waals surface area (Å²) in [5.74, 6) is 4.59. The predicted molar refractivity (Wildman–Crippen MR) is 267 cm³/mol. The molecule has 8 unspecified atom stereocenters. The third kappa shape index (κ3) is 5.78. The standard InChI is InChI=1S/C59H49N5O/c1-2-18-42(19-3-1)63-49-24-10-8-20-43(49)45-32-33-46-44-21-9-11-25-50(44)64(55(46)54(45)63)51-26-12-22-47-53-48(23-13-27-52(53)65-56(47)51)59-61-57(40-30-28-36-14-4-6-16-38(36)34-40)60-58(62-59)41-31-29-37-15-5-7-17-39(37)35-41/h1-4,6-14,16-18,20-27,29-33,35-39,42,52-53,59H,5,15,19,28,34H2,(H,60,61,62). The highest BCUT2D eigenvalue weighted by atomic mass is 16.5. The number of nitrogens with one attached hydrogen (secondary N) is 1. The molecule has 8 atom stereocenters. The van der Waals surface area contributed by atoms with Gasteiger partial charge in [-0.15, -0.1) is 0 Å². The minimum Gasteiger partial charge on any atom is -0.483 e. The average Bonchev–Trinajstić information content (AvgIpc) is 4.04. The number of aliphatic imine (C=N–C) groups is 2. The van der Waals surface area contributed by atoms with Gasteiger partial charge in [-0.2, -0.15) is 0 Å². The topological polar surface area (TPSA) is 55.8 Å². The largest absolute Gasteiger partial charge is 0.483 e. The van der Waals surface area contributed by atoms with Gasteiger partial charge < -0.3 is 19.2 Å². The zero-order valence-corrected chi connectivity index (χ0v) is 36.2. The van der Waals surface area contributed by atoms with Crippen LogP contribution < -0.4 is 10.1 Å². The lowest BCUT2D eigenvalue weighted by Crippen LogP contribution is -2.43. The van der Waals surface area contributed by atoms with E-state index in [2.05, 4.69) is 197 Å². The number of para-hydroxylation sites is 3. The van der Waals surface area contributed by atoms with E-state index in [1.807, 2.05) is 0 Å². The lowest BCUT2D eigenvalue weighted by atomic mass is 9.77. The third-order valence-corrected chi connectivity index (χ3v) is 15.4. The van der Waals surface area contributed by atoms with Crippen molar-refractivity contribution in [2.75, 3.05) is 0 Å². The molecule has 8 aliphatic rings. The quantitative estimate of drug-likeness (QED) is 0.176. The van der Waals surface area contributed by atoms with Crippen LogP contribution in [0.3, 0.4) is 0 Å². The van der Waals surface area contributed by atoms with Gasteiger partial charge in [0.1, 0.15) is 23.9 Å². The predicted octanol–water partition coefficient (Wildman–Crippen LogP) is 13.2. The maximum atomic E-state index is 7.27. The fourth-order valence-corrected chi connectivity index (χ4v) is 12.3. The molecule has 65 heavy (non-hydrogen) atoms. The average molecular weight is 844 g/mol. The van der Waals surface area contributed by atoms with Crippen molar-refractivity contribution in [3.63, 3.8) is 0 Å². The number of ether oxygens (including phenoxy) is 1. The lowest BCUT2D eigenvalue weighted by molar-refractivity contribution is 0.261. The fourth-order valence-electron chi connectivity index (χ4n) is 12.3. The number of rotatable bonds is 5. The van der Waals surface area contributed by atoms with Crippen molar-refractivity contribution in [3.8, 4) is 11.4 Å². The van der Waals surface area contributed by atoms with E-state index in [0.29, 0.717) is 23.7 Å². The van der Waals surface area contributed by atoms with Crippen LogP contribution in [-0.2, 0) is 0 Å². The molecule has 0 bridgehead atoms. The van der Waals surface area contributed by atoms with Crippen LogP contribution in [0.1, 0.15) is 49.6 Å². The van der Waals surface area contributed by atoms with Gasteiger partial charge in [0.25, 0.3) is 0 Å². The second-order valence-corrected chi connectivity index (χ2v) is 19.0. The van der Waals surface area contributed by atoms with Gasteiger partial charge in [-0.25, -0.2) is 9.98 Å². The molecule has 6 heteroatoms. The minimum absolute atomic E-state index is 0.0341. The molecular weight excluding hydrogens is 795 g/mol. The molecule has 1 N–H and O–H groups in total. The number of allylic oxidation sites excluding steroid dienone is 15. The minimum atomic E-state index is -0.316. The van der Waals surface area contributed by atoms with Crippen LogP contribution in [0.2, 0.25) is 0 Å². The van der Waals surface area contributed by atoms with Crippen molar-refractivity contribution < 1.29 is 4.74 Å². The zero-order valence-electron chi connectivity index (χ0n) is 36.2. The van der Waals surface area contributed by atoms with E-state index in [-0.39, 0.29) is 24.2 Å². The molecule has 6 nitrogen and oxygen atoms in total. The monoisotopic (exact) mass is 843 g/mol. The van der Waals surface area contributed by atoms with Gasteiger partial charge in [-0.1, -0.05) is 158 Å². The molecule has 14 rings (SSSR count). The number of hydrogen-bond donors (Lipinski definition) is 1. The van der Waals surface area contributed by atoms with Crippen LogP contribution in [0.15, 0.2) is 209 Å². The van der Waals surface area contributed by atoms with Gasteiger partial charge in [0.2, 0.25) is 0 Å². The molecule has 316 valence electrons. The summed E-state index contributed by atoms with van der Waals surface area (Å²) in [4.78, 5) is 10.9. The molecule has 0 saturated carbocycles. The van der Waals surface area contributed by atoms with Crippen molar-refractivity contribution in [1.29, 1.82) is 0 Å². The van der Waals surface area contributed by atoms with Crippen LogP contribution in [-0.4, -0.2) is 33.1 Å². The summed E-state index contributed by atoms with van der Waals surface area (Å²) in [6, 6.07) is 29.5. The second kappa shape index (κ2) is 14.7. The lowest BCUT2D eigenvalue weighted by Gasteiger charge is -2.34. The molecule has 0 radical (unpaired) electrons. The Labute approximate surface area is 378 Å². The highest BCUT2D eigenvalue weighted by Gasteiger charge is 2.43. The first-order valence-electron chi connectivity index (χ1n) is 23.7. The van der Waals surface area contributed by atoms with E-state index in [0.717, 1.165) is 54.4 Å². The first-order chi connectivity index (χ1) is 32.2. The third-order valence-electron chi connectivity index (χ3n) is 15.4. The van der Waals surface area contributed by atoms with Crippen molar-refractivity contribution >= 4 is 55.3 Å². The first kappa shape index (κ1) is 37.2. The van der Waals surface area contributed by atoms with Crippen LogP contribution in [0.5, 0.6) is 5.75 Å². The van der Waals surface area contributed by atoms with E-state index >= 15 is 0 Å². The summed E-state index contributed by atoms with van der Waals surface area (Å²) in [5.41, 5.74) is 10.7. The Bertz CT molecular complexity index is 3420. The van der Waals surface area contributed by atoms with Crippen LogP contribution in [0, 0.1) is 23.7 Å². The molecule has 4 aromatic carbocycles. The molecule has 6 aromatic rings. The van der Waals surface area contributed by atoms with E-state index in [4.69, 9.17) is 14.7 Å². The van der Waals surface area contributed by atoms with Gasteiger partial charge in [-0.05, 0) is 85.3 Å². The second-order valence-electron chi connectivity index (χ2n) is 19.0. The van der Waals surface area contributed by atoms with Gasteiger partial charge in [0, 0.05) is 44.1 Å². The van der Waals surface area contributed by atoms with Gasteiger partial charge in [0.15, 0.2) is 5.84 Å². The zero-order chi connectivity index (χ0) is 42.6. The number of hydrogen-bond acceptors (Lipinski definition) is 4. The number of benzene rings is 4. The summed E-state index contributed by atoms with van der Waals surface area (Å²) >= 11 is 0. The maximum absolute atomic E-state index is 7.27. The Hall–Kier alpha value is -7.18. The summed E-state index contributed by atoms with van der Waals surface area (Å²) in [6.45, 7) is 0. The Kier molecular flexibility index (Phi) is 8.41. The van der Waals surface area contributed by atoms with Crippen LogP contribution in [0.4, 0.5) is 0 Å². The van der Waals surface area contributed by atoms with E-state index in [1.54, 1.807) is 0 Å². The summed E-state index contributed by atoms with van der Waals surface area (Å²) in [7, 11) is 0. The Balaban J connectivity index is 0.919. The molecular formula is C59H49N5O. The van der Waals surface area contributed by atoms with E-state index < -0.39 is 0 Å². The van der Waals surface area contributed by atoms with Gasteiger partial charge in [-0.3, -0.25) is 0 Å². The normalized spacial score (nSPS) is 28.3. The molecule has 0 spiro atoms. The number of nitrogens with zero attached hydrogens (tertiary/aromatic N) is 4. The van der Waals surface area contributed by atoms with Crippen LogP contribution in [0.25, 0.3) is 49.3 Å². The van der Waals surface area contributed by atoms with Gasteiger partial charge in [0.05, 0.1) is 34.2 Å². The summed E-state index contributed by atoms with van der Waals surface area (Å²) in [5, 5.41) is 8.95. The smallest absolute Gasteiger partial charge is 0.159 e. The van der Waals surface area contributed by atoms with Crippen molar-refractivity contribution in [1.82, 2.24) is 14.5 Å². The van der Waals surface area contributed by atoms with Crippen molar-refractivity contribution in [2.45, 2.75) is 56.3 Å². The van der Waals surface area contributed by atoms with Crippen molar-refractivity contribution in [3.05, 3.63) is 204 Å². The number of aromatic nitrogens is 2. The molecule has 2 aliphatic heterocycles. The van der Waals surface area contributed by atoms with Gasteiger partial charge >= 0.3 is 0 Å². The molecule has 0 amide bonds. The molecule has 0 fully saturated rings. The number of amidine groups is 2. The number of fused-ring (bicyclic) bond motifs is 12. The van der Waals surface area contributed by atoms with E-state index in [1.165, 1.54) is 66.7 Å². The Morgan fingerprint density at radius 2 is 1.51 bits per heavy atom. The first-order valence-corrected chi connectivity index (χ1v) is 23.7. The highest BCUT2D eigenvalue weighted by molar-refractivity contribution is 6.23. The molecule has 2 aromatic heterocycles. The van der Waals surface area contributed by atoms with E-state index in [9.17, 15) is 0 Å². The molecule has 6 aliphatic carbocycles. The van der Waals surface area contributed by atoms with Crippen LogP contribution >= 0.6 is 0 Å². The highest BCUT2D eigenvalue weighted by Crippen LogP contribution is 2.51. The van der Waals surface area contributed by atoms with Crippen molar-refractivity contribution in [2.24, 2.45) is 33.7 Å². The Morgan fingerprint density at radius 1 is 0.677 bits per heavy atom. The molecule has 4 heterocycles. The fraction of sp³-hybridized carbons (Fsp3) is 0.220. The maximum Gasteiger partial charge on any atom is 0.159 e. The SMILES string of the molecule is C1=CCC(n2c3ccccc3c3ccc4c5ccccc5n(-c5cccc6c5OC5C=CC=C(C7N=C(C8=CC9C=CCCC9C=C8)N=C(C8=CCC9C=CC=CC9C8)N7)C65)c4c32)C=C1. The molecule has 0 saturated heterocycles. The summed E-state index contributed by atoms with van der Waals surface area (Å²) < 4.78 is 12.4. The summed E-state index contributed by atoms with van der Waals surface area (Å²) in [6.07, 6.45) is 43.8. The Morgan fingerprint density at radius 3 is 2.40 bits per heavy atom.